The van der Waals surface area contributed by atoms with E-state index in [1.165, 1.54) is 0 Å². The molecule has 0 aromatic carbocycles. The lowest BCUT2D eigenvalue weighted by Crippen LogP contribution is -2.04. The molecule has 3 heteroatoms. The largest absolute Gasteiger partial charge is 0.497 e. The molecule has 0 bridgehead atoms. The Morgan fingerprint density at radius 2 is 2.25 bits per heavy atom. The van der Waals surface area contributed by atoms with Crippen molar-refractivity contribution in [3.63, 3.8) is 0 Å². The third kappa shape index (κ3) is 2.22. The van der Waals surface area contributed by atoms with Crippen LogP contribution in [0, 0.1) is 0 Å². The van der Waals surface area contributed by atoms with Gasteiger partial charge in [-0.15, -0.1) is 0 Å². The number of aliphatic hydroxyl groups is 1. The first-order valence-electron chi connectivity index (χ1n) is 3.79. The molecule has 12 heavy (non-hydrogen) atoms. The van der Waals surface area contributed by atoms with Gasteiger partial charge in [0.25, 0.3) is 0 Å². The second-order valence-corrected chi connectivity index (χ2v) is 2.54. The number of aliphatic hydroxyl groups excluding tert-OH is 1. The SMILES string of the molecule is COC1=CC(O)C=C(CN)C=C1. The minimum Gasteiger partial charge on any atom is -0.497 e. The fourth-order valence-corrected chi connectivity index (χ4v) is 1.01. The van der Waals surface area contributed by atoms with Crippen LogP contribution in [-0.2, 0) is 4.74 Å². The molecule has 1 rings (SSSR count). The maximum Gasteiger partial charge on any atom is 0.117 e. The van der Waals surface area contributed by atoms with Gasteiger partial charge in [0.2, 0.25) is 0 Å². The van der Waals surface area contributed by atoms with Gasteiger partial charge >= 0.3 is 0 Å². The Balaban J connectivity index is 2.81. The zero-order chi connectivity index (χ0) is 8.97. The molecule has 0 aromatic heterocycles. The Bertz CT molecular complexity index is 217. The average molecular weight is 167 g/mol. The van der Waals surface area contributed by atoms with E-state index in [0.29, 0.717) is 12.3 Å². The molecule has 1 unspecified atom stereocenters. The predicted molar refractivity (Wildman–Crippen MR) is 47.4 cm³/mol. The number of methoxy groups -OCH3 is 1. The minimum atomic E-state index is -0.603. The van der Waals surface area contributed by atoms with Crippen LogP contribution in [0.5, 0.6) is 0 Å². The van der Waals surface area contributed by atoms with Crippen molar-refractivity contribution < 1.29 is 9.84 Å². The highest BCUT2D eigenvalue weighted by molar-refractivity contribution is 5.32. The van der Waals surface area contributed by atoms with Gasteiger partial charge in [0.15, 0.2) is 0 Å². The molecular weight excluding hydrogens is 154 g/mol. The number of nitrogens with two attached hydrogens (primary N) is 1. The number of hydrogen-bond acceptors (Lipinski definition) is 3. The number of ether oxygens (including phenoxy) is 1. The number of rotatable bonds is 2. The standard InChI is InChI=1S/C9H13NO2/c1-12-9-3-2-7(6-10)4-8(11)5-9/h2-5,8,11H,6,10H2,1H3. The average Bonchev–Trinajstić information content (AvgIpc) is 2.26. The van der Waals surface area contributed by atoms with Gasteiger partial charge in [-0.05, 0) is 23.8 Å². The lowest BCUT2D eigenvalue weighted by Gasteiger charge is -2.00. The summed E-state index contributed by atoms with van der Waals surface area (Å²) in [6.45, 7) is 0.429. The van der Waals surface area contributed by atoms with E-state index in [2.05, 4.69) is 0 Å². The van der Waals surface area contributed by atoms with Crippen LogP contribution in [0.2, 0.25) is 0 Å². The van der Waals surface area contributed by atoms with Crippen LogP contribution in [0.4, 0.5) is 0 Å². The molecule has 0 amide bonds. The summed E-state index contributed by atoms with van der Waals surface area (Å²) in [6, 6.07) is 0. The number of allylic oxidation sites excluding steroid dienone is 1. The molecule has 66 valence electrons. The van der Waals surface area contributed by atoms with Crippen molar-refractivity contribution in [2.45, 2.75) is 6.10 Å². The third-order valence-electron chi connectivity index (χ3n) is 1.65. The van der Waals surface area contributed by atoms with Crippen LogP contribution in [0.15, 0.2) is 35.6 Å². The quantitative estimate of drug-likeness (QED) is 0.623. The van der Waals surface area contributed by atoms with Crippen LogP contribution in [-0.4, -0.2) is 24.9 Å². The fraction of sp³-hybridized carbons (Fsp3) is 0.333. The first-order valence-corrected chi connectivity index (χ1v) is 3.79. The second kappa shape index (κ2) is 4.09. The molecule has 0 heterocycles. The van der Waals surface area contributed by atoms with E-state index < -0.39 is 6.10 Å². The maximum atomic E-state index is 9.36. The summed E-state index contributed by atoms with van der Waals surface area (Å²) in [6.07, 6.45) is 6.34. The van der Waals surface area contributed by atoms with E-state index in [0.717, 1.165) is 5.57 Å². The Labute approximate surface area is 71.8 Å². The molecule has 0 saturated heterocycles. The maximum absolute atomic E-state index is 9.36. The normalized spacial score (nSPS) is 22.8. The molecule has 1 atom stereocenters. The fourth-order valence-electron chi connectivity index (χ4n) is 1.01. The van der Waals surface area contributed by atoms with Gasteiger partial charge in [-0.3, -0.25) is 0 Å². The lowest BCUT2D eigenvalue weighted by atomic mass is 10.2. The molecule has 1 aliphatic rings. The summed E-state index contributed by atoms with van der Waals surface area (Å²) in [4.78, 5) is 0. The van der Waals surface area contributed by atoms with Crippen molar-refractivity contribution in [3.8, 4) is 0 Å². The van der Waals surface area contributed by atoms with Crippen molar-refractivity contribution in [1.82, 2.24) is 0 Å². The van der Waals surface area contributed by atoms with Gasteiger partial charge < -0.3 is 15.6 Å². The second-order valence-electron chi connectivity index (χ2n) is 2.54. The van der Waals surface area contributed by atoms with Crippen LogP contribution >= 0.6 is 0 Å². The lowest BCUT2D eigenvalue weighted by molar-refractivity contribution is 0.253. The van der Waals surface area contributed by atoms with Crippen molar-refractivity contribution in [3.05, 3.63) is 35.6 Å². The zero-order valence-corrected chi connectivity index (χ0v) is 7.03. The molecular formula is C9H13NO2. The molecule has 1 aliphatic carbocycles. The Morgan fingerprint density at radius 1 is 1.50 bits per heavy atom. The van der Waals surface area contributed by atoms with E-state index >= 15 is 0 Å². The van der Waals surface area contributed by atoms with Gasteiger partial charge in [0, 0.05) is 6.54 Å². The molecule has 0 saturated carbocycles. The highest BCUT2D eigenvalue weighted by Crippen LogP contribution is 2.10. The molecule has 0 radical (unpaired) electrons. The van der Waals surface area contributed by atoms with Gasteiger partial charge in [-0.2, -0.15) is 0 Å². The van der Waals surface area contributed by atoms with E-state index in [-0.39, 0.29) is 0 Å². The van der Waals surface area contributed by atoms with Crippen molar-refractivity contribution in [2.75, 3.05) is 13.7 Å². The first-order chi connectivity index (χ1) is 5.76. The van der Waals surface area contributed by atoms with Gasteiger partial charge in [-0.1, -0.05) is 6.08 Å². The third-order valence-corrected chi connectivity index (χ3v) is 1.65. The first kappa shape index (κ1) is 9.03. The number of hydrogen-bond donors (Lipinski definition) is 2. The zero-order valence-electron chi connectivity index (χ0n) is 7.03. The predicted octanol–water partition coefficient (Wildman–Crippen LogP) is 0.333. The Hall–Kier alpha value is -1.06. The van der Waals surface area contributed by atoms with E-state index in [9.17, 15) is 5.11 Å². The van der Waals surface area contributed by atoms with Crippen LogP contribution in [0.25, 0.3) is 0 Å². The monoisotopic (exact) mass is 167 g/mol. The van der Waals surface area contributed by atoms with Gasteiger partial charge in [0.05, 0.1) is 13.2 Å². The summed E-state index contributed by atoms with van der Waals surface area (Å²) < 4.78 is 4.97. The molecule has 0 aromatic rings. The highest BCUT2D eigenvalue weighted by atomic mass is 16.5. The minimum absolute atomic E-state index is 0.429. The molecule has 3 nitrogen and oxygen atoms in total. The van der Waals surface area contributed by atoms with E-state index in [1.807, 2.05) is 6.08 Å². The van der Waals surface area contributed by atoms with Crippen molar-refractivity contribution >= 4 is 0 Å². The smallest absolute Gasteiger partial charge is 0.117 e. The topological polar surface area (TPSA) is 55.5 Å². The van der Waals surface area contributed by atoms with Gasteiger partial charge in [-0.25, -0.2) is 0 Å². The van der Waals surface area contributed by atoms with Crippen molar-refractivity contribution in [2.24, 2.45) is 5.73 Å². The summed E-state index contributed by atoms with van der Waals surface area (Å²) in [5.74, 6) is 0.655. The van der Waals surface area contributed by atoms with Crippen LogP contribution < -0.4 is 5.73 Å². The molecule has 0 spiro atoms. The molecule has 3 N–H and O–H groups in total. The van der Waals surface area contributed by atoms with Crippen LogP contribution in [0.1, 0.15) is 0 Å². The van der Waals surface area contributed by atoms with E-state index in [1.54, 1.807) is 25.3 Å². The summed E-state index contributed by atoms with van der Waals surface area (Å²) in [7, 11) is 1.57. The van der Waals surface area contributed by atoms with Crippen LogP contribution in [0.3, 0.4) is 0 Å². The van der Waals surface area contributed by atoms with Gasteiger partial charge in [0.1, 0.15) is 5.76 Å². The summed E-state index contributed by atoms with van der Waals surface area (Å²) in [5, 5.41) is 9.36. The Morgan fingerprint density at radius 3 is 2.83 bits per heavy atom. The molecule has 0 fully saturated rings. The highest BCUT2D eigenvalue weighted by Gasteiger charge is 2.03. The van der Waals surface area contributed by atoms with E-state index in [4.69, 9.17) is 10.5 Å². The van der Waals surface area contributed by atoms with Crippen molar-refractivity contribution in [1.29, 1.82) is 0 Å². The Kier molecular flexibility index (Phi) is 3.08. The summed E-state index contributed by atoms with van der Waals surface area (Å²) in [5.41, 5.74) is 6.34. The molecule has 0 aliphatic heterocycles. The summed E-state index contributed by atoms with van der Waals surface area (Å²) >= 11 is 0.